The van der Waals surface area contributed by atoms with Crippen LogP contribution in [0.25, 0.3) is 77.3 Å². The number of hydrogen-bond donors (Lipinski definition) is 0. The first-order chi connectivity index (χ1) is 20.7. The maximum atomic E-state index is 10.1. The molecule has 0 saturated heterocycles. The maximum Gasteiger partial charge on any atom is 0.143 e. The fourth-order valence-corrected chi connectivity index (χ4v) is 6.05. The van der Waals surface area contributed by atoms with Gasteiger partial charge in [0, 0.05) is 38.2 Å². The normalized spacial score (nSPS) is 11.3. The average molecular weight is 537 g/mol. The van der Waals surface area contributed by atoms with E-state index in [1.54, 1.807) is 6.07 Å². The summed E-state index contributed by atoms with van der Waals surface area (Å²) in [6.07, 6.45) is 0. The molecule has 0 aliphatic heterocycles. The zero-order valence-electron chi connectivity index (χ0n) is 22.3. The Labute approximate surface area is 240 Å². The van der Waals surface area contributed by atoms with Crippen LogP contribution in [-0.2, 0) is 0 Å². The number of benzene rings is 6. The molecule has 0 fully saturated rings. The summed E-state index contributed by atoms with van der Waals surface area (Å²) < 4.78 is 12.8. The first-order valence-corrected chi connectivity index (χ1v) is 13.6. The van der Waals surface area contributed by atoms with Crippen molar-refractivity contribution in [3.8, 4) is 45.5 Å². The van der Waals surface area contributed by atoms with E-state index >= 15 is 0 Å². The van der Waals surface area contributed by atoms with Gasteiger partial charge >= 0.3 is 0 Å². The fraction of sp³-hybridized carbons (Fsp3) is 0. The lowest BCUT2D eigenvalue weighted by Crippen LogP contribution is -1.92. The van der Waals surface area contributed by atoms with E-state index in [1.807, 2.05) is 60.7 Å². The summed E-state index contributed by atoms with van der Waals surface area (Å²) in [6, 6.07) is 44.6. The molecule has 0 amide bonds. The van der Waals surface area contributed by atoms with Crippen LogP contribution in [0.15, 0.2) is 130 Å². The molecule has 4 nitrogen and oxygen atoms in total. The predicted octanol–water partition coefficient (Wildman–Crippen LogP) is 10.2. The Morgan fingerprint density at radius 1 is 0.429 bits per heavy atom. The minimum atomic E-state index is 0.348. The summed E-state index contributed by atoms with van der Waals surface area (Å²) in [5.74, 6) is 0. The molecular weight excluding hydrogens is 516 g/mol. The Morgan fingerprint density at radius 2 is 0.881 bits per heavy atom. The van der Waals surface area contributed by atoms with Gasteiger partial charge in [0.05, 0.1) is 11.1 Å². The predicted molar refractivity (Wildman–Crippen MR) is 167 cm³/mol. The van der Waals surface area contributed by atoms with Crippen LogP contribution < -0.4 is 0 Å². The molecule has 194 valence electrons. The van der Waals surface area contributed by atoms with E-state index in [4.69, 9.17) is 8.83 Å². The van der Waals surface area contributed by atoms with E-state index in [0.717, 1.165) is 71.7 Å². The summed E-state index contributed by atoms with van der Waals surface area (Å²) >= 11 is 0. The third-order valence-corrected chi connectivity index (χ3v) is 7.97. The lowest BCUT2D eigenvalue weighted by atomic mass is 9.89. The Kier molecular flexibility index (Phi) is 5.22. The maximum absolute atomic E-state index is 10.1. The van der Waals surface area contributed by atoms with Crippen LogP contribution >= 0.6 is 0 Å². The molecule has 0 aliphatic carbocycles. The molecule has 0 spiro atoms. The fourth-order valence-electron chi connectivity index (χ4n) is 6.05. The molecule has 0 bridgehead atoms. The second-order valence-electron chi connectivity index (χ2n) is 10.3. The molecule has 4 heteroatoms. The second-order valence-corrected chi connectivity index (χ2v) is 10.3. The van der Waals surface area contributed by atoms with Crippen LogP contribution in [0.2, 0.25) is 0 Å². The number of hydrogen-bond acceptors (Lipinski definition) is 4. The molecule has 0 radical (unpaired) electrons. The van der Waals surface area contributed by atoms with Crippen molar-refractivity contribution in [1.29, 1.82) is 10.5 Å². The van der Waals surface area contributed by atoms with Crippen LogP contribution in [0.4, 0.5) is 0 Å². The van der Waals surface area contributed by atoms with Gasteiger partial charge in [-0.3, -0.25) is 0 Å². The average Bonchev–Trinajstić information content (AvgIpc) is 3.62. The molecule has 6 aromatic carbocycles. The molecule has 2 aromatic heterocycles. The van der Waals surface area contributed by atoms with Crippen molar-refractivity contribution >= 4 is 43.9 Å². The molecule has 0 saturated carbocycles. The first kappa shape index (κ1) is 23.8. The Morgan fingerprint density at radius 3 is 1.40 bits per heavy atom. The molecule has 42 heavy (non-hydrogen) atoms. The van der Waals surface area contributed by atoms with Crippen molar-refractivity contribution in [3.05, 3.63) is 132 Å². The lowest BCUT2D eigenvalue weighted by Gasteiger charge is -2.13. The highest BCUT2D eigenvalue weighted by molar-refractivity contribution is 6.11. The smallest absolute Gasteiger partial charge is 0.143 e. The molecule has 0 unspecified atom stereocenters. The summed E-state index contributed by atoms with van der Waals surface area (Å²) in [5.41, 5.74) is 9.26. The van der Waals surface area contributed by atoms with Gasteiger partial charge in [-0.05, 0) is 53.1 Å². The SMILES string of the molecule is N#Cc1cccc(-c2cc(-c3cccc4c3oc3ccccc34)cc(-c3cccc4c3oc3ccccc34)c2)c1C#N. The van der Waals surface area contributed by atoms with E-state index in [1.165, 1.54) is 0 Å². The summed E-state index contributed by atoms with van der Waals surface area (Å²) in [7, 11) is 0. The molecule has 0 N–H and O–H groups in total. The van der Waals surface area contributed by atoms with Crippen LogP contribution in [-0.4, -0.2) is 0 Å². The molecule has 8 rings (SSSR count). The van der Waals surface area contributed by atoms with E-state index < -0.39 is 0 Å². The number of nitrogens with zero attached hydrogens (tertiary/aromatic N) is 2. The third kappa shape index (κ3) is 3.53. The zero-order chi connectivity index (χ0) is 28.2. The first-order valence-electron chi connectivity index (χ1n) is 13.6. The van der Waals surface area contributed by atoms with Crippen LogP contribution in [0.3, 0.4) is 0 Å². The van der Waals surface area contributed by atoms with E-state index in [0.29, 0.717) is 16.7 Å². The van der Waals surface area contributed by atoms with E-state index in [2.05, 4.69) is 66.7 Å². The van der Waals surface area contributed by atoms with Gasteiger partial charge in [0.1, 0.15) is 34.5 Å². The van der Waals surface area contributed by atoms with Gasteiger partial charge in [-0.25, -0.2) is 0 Å². The lowest BCUT2D eigenvalue weighted by molar-refractivity contribution is 0.670. The second kappa shape index (κ2) is 9.24. The molecule has 2 heterocycles. The van der Waals surface area contributed by atoms with Gasteiger partial charge in [0.15, 0.2) is 0 Å². The largest absolute Gasteiger partial charge is 0.455 e. The standard InChI is InChI=1S/C38H20N2O2/c39-21-23-8-5-11-27(34(23)22-40)24-18-25(28-12-6-14-32-30-9-1-3-16-35(30)41-37(28)32)20-26(19-24)29-13-7-15-33-31-10-2-4-17-36(31)42-38(29)33/h1-20H. The van der Waals surface area contributed by atoms with Crippen molar-refractivity contribution < 1.29 is 8.83 Å². The van der Waals surface area contributed by atoms with Crippen LogP contribution in [0.5, 0.6) is 0 Å². The molecule has 0 atom stereocenters. The highest BCUT2D eigenvalue weighted by Crippen LogP contribution is 2.42. The van der Waals surface area contributed by atoms with Gasteiger partial charge in [-0.2, -0.15) is 10.5 Å². The summed E-state index contributed by atoms with van der Waals surface area (Å²) in [6.45, 7) is 0. The quantitative estimate of drug-likeness (QED) is 0.225. The highest BCUT2D eigenvalue weighted by Gasteiger charge is 2.18. The zero-order valence-corrected chi connectivity index (χ0v) is 22.3. The Bertz CT molecular complexity index is 2310. The van der Waals surface area contributed by atoms with Crippen molar-refractivity contribution in [3.63, 3.8) is 0 Å². The molecular formula is C38H20N2O2. The Balaban J connectivity index is 1.45. The van der Waals surface area contributed by atoms with Crippen molar-refractivity contribution in [2.45, 2.75) is 0 Å². The number of furan rings is 2. The van der Waals surface area contributed by atoms with Crippen LogP contribution in [0, 0.1) is 22.7 Å². The monoisotopic (exact) mass is 536 g/mol. The van der Waals surface area contributed by atoms with Gasteiger partial charge < -0.3 is 8.83 Å². The Hall–Kier alpha value is -6.10. The van der Waals surface area contributed by atoms with Crippen LogP contribution in [0.1, 0.15) is 11.1 Å². The number of fused-ring (bicyclic) bond motifs is 6. The summed E-state index contributed by atoms with van der Waals surface area (Å²) in [5, 5.41) is 24.0. The third-order valence-electron chi connectivity index (χ3n) is 7.97. The van der Waals surface area contributed by atoms with Crippen molar-refractivity contribution in [2.24, 2.45) is 0 Å². The number of para-hydroxylation sites is 4. The molecule has 0 aliphatic rings. The topological polar surface area (TPSA) is 73.9 Å². The van der Waals surface area contributed by atoms with Crippen molar-refractivity contribution in [1.82, 2.24) is 0 Å². The molecule has 8 aromatic rings. The van der Waals surface area contributed by atoms with Gasteiger partial charge in [-0.15, -0.1) is 0 Å². The summed E-state index contributed by atoms with van der Waals surface area (Å²) in [4.78, 5) is 0. The van der Waals surface area contributed by atoms with E-state index in [9.17, 15) is 10.5 Å². The van der Waals surface area contributed by atoms with Gasteiger partial charge in [0.25, 0.3) is 0 Å². The minimum absolute atomic E-state index is 0.348. The van der Waals surface area contributed by atoms with Gasteiger partial charge in [-0.1, -0.05) is 84.9 Å². The van der Waals surface area contributed by atoms with Gasteiger partial charge in [0.2, 0.25) is 0 Å². The number of nitriles is 2. The minimum Gasteiger partial charge on any atom is -0.455 e. The highest BCUT2D eigenvalue weighted by atomic mass is 16.3. The number of rotatable bonds is 3. The van der Waals surface area contributed by atoms with Crippen molar-refractivity contribution in [2.75, 3.05) is 0 Å². The van der Waals surface area contributed by atoms with E-state index in [-0.39, 0.29) is 0 Å².